The Hall–Kier alpha value is -1.26. The van der Waals surface area contributed by atoms with Crippen LogP contribution >= 0.6 is 0 Å². The molecule has 0 saturated heterocycles. The summed E-state index contributed by atoms with van der Waals surface area (Å²) in [7, 11) is 0. The van der Waals surface area contributed by atoms with Gasteiger partial charge in [0.2, 0.25) is 0 Å². The van der Waals surface area contributed by atoms with Crippen LogP contribution in [0.4, 0.5) is 0 Å². The highest BCUT2D eigenvalue weighted by Crippen LogP contribution is 2.35. The van der Waals surface area contributed by atoms with Gasteiger partial charge in [-0.15, -0.1) is 0 Å². The van der Waals surface area contributed by atoms with Gasteiger partial charge in [-0.2, -0.15) is 0 Å². The minimum Gasteiger partial charge on any atom is -0.486 e. The first kappa shape index (κ1) is 15.1. The van der Waals surface area contributed by atoms with Gasteiger partial charge in [-0.3, -0.25) is 4.90 Å². The van der Waals surface area contributed by atoms with Crippen molar-refractivity contribution in [3.8, 4) is 11.5 Å². The predicted octanol–water partition coefficient (Wildman–Crippen LogP) is 2.58. The summed E-state index contributed by atoms with van der Waals surface area (Å²) in [6, 6.07) is 6.35. The lowest BCUT2D eigenvalue weighted by Crippen LogP contribution is -2.46. The first-order chi connectivity index (χ1) is 9.47. The van der Waals surface area contributed by atoms with E-state index in [9.17, 15) is 0 Å². The van der Waals surface area contributed by atoms with Crippen molar-refractivity contribution in [1.82, 2.24) is 4.90 Å². The highest BCUT2D eigenvalue weighted by Gasteiger charge is 2.28. The van der Waals surface area contributed by atoms with Gasteiger partial charge in [-0.1, -0.05) is 13.0 Å². The number of benzene rings is 1. The second-order valence-electron chi connectivity index (χ2n) is 6.11. The Morgan fingerprint density at radius 3 is 2.40 bits per heavy atom. The van der Waals surface area contributed by atoms with Crippen LogP contribution in [0.3, 0.4) is 0 Å². The van der Waals surface area contributed by atoms with Crippen LogP contribution in [0.25, 0.3) is 0 Å². The summed E-state index contributed by atoms with van der Waals surface area (Å²) in [6.07, 6.45) is 0. The molecular weight excluding hydrogens is 252 g/mol. The van der Waals surface area contributed by atoms with Gasteiger partial charge in [0.05, 0.1) is 0 Å². The van der Waals surface area contributed by atoms with Crippen molar-refractivity contribution >= 4 is 0 Å². The molecule has 0 saturated carbocycles. The Kier molecular flexibility index (Phi) is 4.55. The van der Waals surface area contributed by atoms with E-state index in [2.05, 4.69) is 44.7 Å². The monoisotopic (exact) mass is 278 g/mol. The van der Waals surface area contributed by atoms with Crippen molar-refractivity contribution in [3.63, 3.8) is 0 Å². The third kappa shape index (κ3) is 3.07. The number of hydrogen-bond donors (Lipinski definition) is 1. The average molecular weight is 278 g/mol. The predicted molar refractivity (Wildman–Crippen MR) is 81.4 cm³/mol. The lowest BCUT2D eigenvalue weighted by Gasteiger charge is -2.41. The molecule has 0 aliphatic carbocycles. The second kappa shape index (κ2) is 6.02. The lowest BCUT2D eigenvalue weighted by molar-refractivity contribution is 0.0914. The molecular formula is C16H26N2O2. The molecule has 4 nitrogen and oxygen atoms in total. The van der Waals surface area contributed by atoms with E-state index >= 15 is 0 Å². The molecule has 1 aliphatic rings. The van der Waals surface area contributed by atoms with Gasteiger partial charge in [0.25, 0.3) is 0 Å². The molecule has 112 valence electrons. The lowest BCUT2D eigenvalue weighted by atomic mass is 9.97. The Morgan fingerprint density at radius 1 is 1.20 bits per heavy atom. The van der Waals surface area contributed by atoms with Gasteiger partial charge in [0.1, 0.15) is 13.2 Å². The van der Waals surface area contributed by atoms with Crippen molar-refractivity contribution in [3.05, 3.63) is 23.8 Å². The Balaban J connectivity index is 2.31. The van der Waals surface area contributed by atoms with E-state index in [-0.39, 0.29) is 11.6 Å². The van der Waals surface area contributed by atoms with Crippen LogP contribution in [-0.2, 0) is 0 Å². The number of likely N-dealkylation sites (N-methyl/N-ethyl adjacent to an activating group) is 1. The third-order valence-electron chi connectivity index (χ3n) is 3.75. The van der Waals surface area contributed by atoms with E-state index < -0.39 is 0 Å². The molecule has 0 aromatic heterocycles. The van der Waals surface area contributed by atoms with Gasteiger partial charge in [-0.25, -0.2) is 0 Å². The second-order valence-corrected chi connectivity index (χ2v) is 6.11. The standard InChI is InChI=1S/C16H26N2O2/c1-5-18(16(2,3)4)13(11-17)12-6-7-14-15(10-12)20-9-8-19-14/h6-7,10,13H,5,8-9,11,17H2,1-4H3. The molecule has 2 rings (SSSR count). The van der Waals surface area contributed by atoms with Gasteiger partial charge in [-0.05, 0) is 45.0 Å². The summed E-state index contributed by atoms with van der Waals surface area (Å²) >= 11 is 0. The summed E-state index contributed by atoms with van der Waals surface area (Å²) < 4.78 is 11.2. The first-order valence-electron chi connectivity index (χ1n) is 7.33. The van der Waals surface area contributed by atoms with Crippen molar-refractivity contribution in [2.75, 3.05) is 26.3 Å². The van der Waals surface area contributed by atoms with Crippen LogP contribution in [0, 0.1) is 0 Å². The normalized spacial score (nSPS) is 16.3. The molecule has 2 N–H and O–H groups in total. The molecule has 1 aliphatic heterocycles. The highest BCUT2D eigenvalue weighted by molar-refractivity contribution is 5.44. The molecule has 4 heteroatoms. The molecule has 20 heavy (non-hydrogen) atoms. The first-order valence-corrected chi connectivity index (χ1v) is 7.33. The van der Waals surface area contributed by atoms with Crippen LogP contribution in [0.2, 0.25) is 0 Å². The van der Waals surface area contributed by atoms with Gasteiger partial charge < -0.3 is 15.2 Å². The molecule has 1 unspecified atom stereocenters. The Bertz CT molecular complexity index is 454. The zero-order valence-electron chi connectivity index (χ0n) is 13.0. The van der Waals surface area contributed by atoms with Crippen molar-refractivity contribution in [2.24, 2.45) is 5.73 Å². The van der Waals surface area contributed by atoms with Crippen molar-refractivity contribution in [1.29, 1.82) is 0 Å². The molecule has 0 bridgehead atoms. The van der Waals surface area contributed by atoms with Crippen molar-refractivity contribution < 1.29 is 9.47 Å². The van der Waals surface area contributed by atoms with Gasteiger partial charge in [0, 0.05) is 18.1 Å². The summed E-state index contributed by atoms with van der Waals surface area (Å²) in [4.78, 5) is 2.42. The quantitative estimate of drug-likeness (QED) is 0.919. The summed E-state index contributed by atoms with van der Waals surface area (Å²) in [6.45, 7) is 11.6. The molecule has 1 aromatic rings. The van der Waals surface area contributed by atoms with Crippen LogP contribution in [0.15, 0.2) is 18.2 Å². The number of nitrogens with two attached hydrogens (primary N) is 1. The van der Waals surface area contributed by atoms with E-state index in [1.165, 1.54) is 5.56 Å². The fourth-order valence-corrected chi connectivity index (χ4v) is 2.87. The molecule has 0 amide bonds. The maximum absolute atomic E-state index is 6.04. The largest absolute Gasteiger partial charge is 0.486 e. The van der Waals surface area contributed by atoms with E-state index in [0.29, 0.717) is 19.8 Å². The smallest absolute Gasteiger partial charge is 0.161 e. The highest BCUT2D eigenvalue weighted by atomic mass is 16.6. The topological polar surface area (TPSA) is 47.7 Å². The van der Waals surface area contributed by atoms with Crippen LogP contribution < -0.4 is 15.2 Å². The molecule has 1 aromatic carbocycles. The summed E-state index contributed by atoms with van der Waals surface area (Å²) in [5.41, 5.74) is 7.30. The SMILES string of the molecule is CCN(C(CN)c1ccc2c(c1)OCCO2)C(C)(C)C. The Labute approximate surface area is 121 Å². The van der Waals surface area contributed by atoms with Crippen molar-refractivity contribution in [2.45, 2.75) is 39.3 Å². The van der Waals surface area contributed by atoms with Crippen LogP contribution in [0.5, 0.6) is 11.5 Å². The fourth-order valence-electron chi connectivity index (χ4n) is 2.87. The Morgan fingerprint density at radius 2 is 1.85 bits per heavy atom. The molecule has 1 atom stereocenters. The summed E-state index contributed by atoms with van der Waals surface area (Å²) in [5.74, 6) is 1.66. The van der Waals surface area contributed by atoms with Crippen LogP contribution in [0.1, 0.15) is 39.3 Å². The van der Waals surface area contributed by atoms with E-state index in [0.717, 1.165) is 18.0 Å². The number of fused-ring (bicyclic) bond motifs is 1. The van der Waals surface area contributed by atoms with E-state index in [1.54, 1.807) is 0 Å². The number of hydrogen-bond acceptors (Lipinski definition) is 4. The zero-order chi connectivity index (χ0) is 14.8. The maximum Gasteiger partial charge on any atom is 0.161 e. The van der Waals surface area contributed by atoms with Gasteiger partial charge in [0.15, 0.2) is 11.5 Å². The minimum atomic E-state index is 0.0754. The van der Waals surface area contributed by atoms with Gasteiger partial charge >= 0.3 is 0 Å². The van der Waals surface area contributed by atoms with Crippen LogP contribution in [-0.4, -0.2) is 36.7 Å². The molecule has 0 fully saturated rings. The number of rotatable bonds is 4. The van der Waals surface area contributed by atoms with E-state index in [1.807, 2.05) is 6.07 Å². The molecule has 1 heterocycles. The molecule has 0 radical (unpaired) electrons. The average Bonchev–Trinajstić information content (AvgIpc) is 2.42. The fraction of sp³-hybridized carbons (Fsp3) is 0.625. The summed E-state index contributed by atoms with van der Waals surface area (Å²) in [5, 5.41) is 0. The number of ether oxygens (including phenoxy) is 2. The maximum atomic E-state index is 6.04. The molecule has 0 spiro atoms. The third-order valence-corrected chi connectivity index (χ3v) is 3.75. The van der Waals surface area contributed by atoms with E-state index in [4.69, 9.17) is 15.2 Å². The minimum absolute atomic E-state index is 0.0754. The number of nitrogens with zero attached hydrogens (tertiary/aromatic N) is 1. The zero-order valence-corrected chi connectivity index (χ0v) is 13.0.